The number of alkyl halides is 3. The van der Waals surface area contributed by atoms with Gasteiger partial charge in [-0.3, -0.25) is 0 Å². The molecule has 0 spiro atoms. The zero-order valence-electron chi connectivity index (χ0n) is 15.2. The second-order valence-electron chi connectivity index (χ2n) is 6.51. The van der Waals surface area contributed by atoms with Crippen molar-refractivity contribution >= 4 is 5.69 Å². The number of hydrogen-bond acceptors (Lipinski definition) is 3. The number of halogens is 3. The van der Waals surface area contributed by atoms with Gasteiger partial charge in [0, 0.05) is 35.9 Å². The average molecular weight is 388 g/mol. The van der Waals surface area contributed by atoms with Crippen molar-refractivity contribution in [3.05, 3.63) is 78.1 Å². The highest BCUT2D eigenvalue weighted by atomic mass is 19.4. The lowest BCUT2D eigenvalue weighted by Gasteiger charge is -2.24. The van der Waals surface area contributed by atoms with E-state index in [9.17, 15) is 13.2 Å². The molecule has 1 aliphatic rings. The van der Waals surface area contributed by atoms with E-state index in [1.807, 2.05) is 36.5 Å². The number of anilines is 1. The van der Waals surface area contributed by atoms with Gasteiger partial charge in [0.15, 0.2) is 6.23 Å². The van der Waals surface area contributed by atoms with Gasteiger partial charge in [0.05, 0.1) is 19.3 Å². The third-order valence-electron chi connectivity index (χ3n) is 4.77. The first-order valence-corrected chi connectivity index (χ1v) is 8.83. The SMILES string of the molecule is COc1ccc(N2CCO[C@H]2c2ccn(-c3cccc(C(F)(F)F)c3)c2)cc1. The van der Waals surface area contributed by atoms with E-state index in [0.717, 1.165) is 35.7 Å². The van der Waals surface area contributed by atoms with Gasteiger partial charge < -0.3 is 18.9 Å². The molecular formula is C21H19F3N2O2. The van der Waals surface area contributed by atoms with Crippen LogP contribution < -0.4 is 9.64 Å². The summed E-state index contributed by atoms with van der Waals surface area (Å²) in [5.74, 6) is 0.774. The Kier molecular flexibility index (Phi) is 4.77. The number of ether oxygens (including phenoxy) is 2. The Morgan fingerprint density at radius 1 is 1.04 bits per heavy atom. The topological polar surface area (TPSA) is 26.6 Å². The van der Waals surface area contributed by atoms with Crippen molar-refractivity contribution in [3.8, 4) is 11.4 Å². The number of methoxy groups -OCH3 is 1. The molecule has 1 aromatic heterocycles. The van der Waals surface area contributed by atoms with Crippen molar-refractivity contribution in [1.82, 2.24) is 4.57 Å². The fraction of sp³-hybridized carbons (Fsp3) is 0.238. The van der Waals surface area contributed by atoms with Crippen LogP contribution in [0.25, 0.3) is 5.69 Å². The Hall–Kier alpha value is -2.93. The highest BCUT2D eigenvalue weighted by Crippen LogP contribution is 2.34. The van der Waals surface area contributed by atoms with Crippen LogP contribution in [-0.2, 0) is 10.9 Å². The maximum atomic E-state index is 13.0. The molecule has 4 rings (SSSR count). The van der Waals surface area contributed by atoms with E-state index in [-0.39, 0.29) is 6.23 Å². The van der Waals surface area contributed by atoms with E-state index >= 15 is 0 Å². The molecule has 7 heteroatoms. The molecule has 3 aromatic rings. The molecule has 0 radical (unpaired) electrons. The molecule has 146 valence electrons. The predicted octanol–water partition coefficient (Wildman–Crippen LogP) is 5.04. The molecule has 4 nitrogen and oxygen atoms in total. The van der Waals surface area contributed by atoms with E-state index in [2.05, 4.69) is 4.90 Å². The van der Waals surface area contributed by atoms with Crippen molar-refractivity contribution in [2.24, 2.45) is 0 Å². The molecule has 2 aromatic carbocycles. The van der Waals surface area contributed by atoms with E-state index in [1.165, 1.54) is 6.07 Å². The standard InChI is InChI=1S/C21H19F3N2O2/c1-27-19-7-5-17(6-8-19)26-11-12-28-20(26)15-9-10-25(14-15)18-4-2-3-16(13-18)21(22,23)24/h2-10,13-14,20H,11-12H2,1H3/t20-/m0/s1. The smallest absolute Gasteiger partial charge is 0.416 e. The molecule has 1 fully saturated rings. The zero-order valence-corrected chi connectivity index (χ0v) is 15.2. The Bertz CT molecular complexity index is 951. The van der Waals surface area contributed by atoms with Crippen molar-refractivity contribution in [3.63, 3.8) is 0 Å². The lowest BCUT2D eigenvalue weighted by molar-refractivity contribution is -0.137. The van der Waals surface area contributed by atoms with Crippen LogP contribution in [0.4, 0.5) is 18.9 Å². The van der Waals surface area contributed by atoms with Gasteiger partial charge in [-0.15, -0.1) is 0 Å². The van der Waals surface area contributed by atoms with Crippen LogP contribution in [0, 0.1) is 0 Å². The molecule has 2 heterocycles. The van der Waals surface area contributed by atoms with E-state index in [0.29, 0.717) is 12.3 Å². The number of nitrogens with zero attached hydrogens (tertiary/aromatic N) is 2. The summed E-state index contributed by atoms with van der Waals surface area (Å²) in [4.78, 5) is 2.12. The van der Waals surface area contributed by atoms with Gasteiger partial charge in [-0.05, 0) is 48.5 Å². The minimum absolute atomic E-state index is 0.291. The van der Waals surface area contributed by atoms with E-state index in [1.54, 1.807) is 23.9 Å². The minimum atomic E-state index is -4.37. The van der Waals surface area contributed by atoms with Crippen LogP contribution in [-0.4, -0.2) is 24.8 Å². The fourth-order valence-corrected chi connectivity index (χ4v) is 3.35. The number of benzene rings is 2. The number of hydrogen-bond donors (Lipinski definition) is 0. The van der Waals surface area contributed by atoms with Gasteiger partial charge >= 0.3 is 6.18 Å². The normalized spacial score (nSPS) is 17.1. The molecule has 1 saturated heterocycles. The molecule has 0 unspecified atom stereocenters. The molecular weight excluding hydrogens is 369 g/mol. The second kappa shape index (κ2) is 7.24. The molecule has 1 atom stereocenters. The minimum Gasteiger partial charge on any atom is -0.497 e. The second-order valence-corrected chi connectivity index (χ2v) is 6.51. The van der Waals surface area contributed by atoms with Crippen molar-refractivity contribution in [2.75, 3.05) is 25.2 Å². The maximum absolute atomic E-state index is 13.0. The van der Waals surface area contributed by atoms with Crippen molar-refractivity contribution < 1.29 is 22.6 Å². The highest BCUT2D eigenvalue weighted by molar-refractivity contribution is 5.51. The molecule has 0 N–H and O–H groups in total. The summed E-state index contributed by atoms with van der Waals surface area (Å²) in [5.41, 5.74) is 1.66. The first-order valence-electron chi connectivity index (χ1n) is 8.83. The molecule has 1 aliphatic heterocycles. The monoisotopic (exact) mass is 388 g/mol. The van der Waals surface area contributed by atoms with E-state index in [4.69, 9.17) is 9.47 Å². The van der Waals surface area contributed by atoms with E-state index < -0.39 is 11.7 Å². The van der Waals surface area contributed by atoms with Gasteiger partial charge in [0.2, 0.25) is 0 Å². The van der Waals surface area contributed by atoms with Gasteiger partial charge in [0.25, 0.3) is 0 Å². The summed E-state index contributed by atoms with van der Waals surface area (Å²) in [5, 5.41) is 0. The van der Waals surface area contributed by atoms with Gasteiger partial charge in [-0.2, -0.15) is 13.2 Å². The largest absolute Gasteiger partial charge is 0.497 e. The summed E-state index contributed by atoms with van der Waals surface area (Å²) in [7, 11) is 1.62. The Morgan fingerprint density at radius 3 is 2.54 bits per heavy atom. The van der Waals surface area contributed by atoms with Crippen LogP contribution in [0.3, 0.4) is 0 Å². The molecule has 0 saturated carbocycles. The molecule has 28 heavy (non-hydrogen) atoms. The summed E-state index contributed by atoms with van der Waals surface area (Å²) in [6, 6.07) is 14.8. The lowest BCUT2D eigenvalue weighted by atomic mass is 10.2. The summed E-state index contributed by atoms with van der Waals surface area (Å²) >= 11 is 0. The lowest BCUT2D eigenvalue weighted by Crippen LogP contribution is -2.22. The third-order valence-corrected chi connectivity index (χ3v) is 4.77. The summed E-state index contributed by atoms with van der Waals surface area (Å²) in [6.07, 6.45) is -1.10. The molecule has 0 amide bonds. The first-order chi connectivity index (χ1) is 13.5. The van der Waals surface area contributed by atoms with Gasteiger partial charge in [0.1, 0.15) is 5.75 Å². The summed E-state index contributed by atoms with van der Waals surface area (Å²) in [6.45, 7) is 1.30. The van der Waals surface area contributed by atoms with Crippen LogP contribution in [0.2, 0.25) is 0 Å². The van der Waals surface area contributed by atoms with Crippen LogP contribution in [0.1, 0.15) is 17.4 Å². The van der Waals surface area contributed by atoms with Gasteiger partial charge in [-0.1, -0.05) is 6.07 Å². The molecule has 0 aliphatic carbocycles. The van der Waals surface area contributed by atoms with Crippen LogP contribution in [0.15, 0.2) is 67.0 Å². The Morgan fingerprint density at radius 2 is 1.82 bits per heavy atom. The summed E-state index contributed by atoms with van der Waals surface area (Å²) < 4.78 is 51.7. The molecule has 0 bridgehead atoms. The zero-order chi connectivity index (χ0) is 19.7. The van der Waals surface area contributed by atoms with Crippen LogP contribution >= 0.6 is 0 Å². The Labute approximate surface area is 160 Å². The number of rotatable bonds is 4. The maximum Gasteiger partial charge on any atom is 0.416 e. The average Bonchev–Trinajstić information content (AvgIpc) is 3.37. The highest BCUT2D eigenvalue weighted by Gasteiger charge is 2.31. The third kappa shape index (κ3) is 3.57. The first kappa shape index (κ1) is 18.4. The van der Waals surface area contributed by atoms with Crippen LogP contribution in [0.5, 0.6) is 5.75 Å². The predicted molar refractivity (Wildman–Crippen MR) is 99.8 cm³/mol. The Balaban J connectivity index is 1.59. The fourth-order valence-electron chi connectivity index (χ4n) is 3.35. The van der Waals surface area contributed by atoms with Crippen molar-refractivity contribution in [1.29, 1.82) is 0 Å². The van der Waals surface area contributed by atoms with Crippen molar-refractivity contribution in [2.45, 2.75) is 12.4 Å². The van der Waals surface area contributed by atoms with Gasteiger partial charge in [-0.25, -0.2) is 0 Å². The quantitative estimate of drug-likeness (QED) is 0.627. The number of aromatic nitrogens is 1.